The molecule has 0 amide bonds. The Morgan fingerprint density at radius 3 is 2.41 bits per heavy atom. The van der Waals surface area contributed by atoms with Crippen molar-refractivity contribution in [1.29, 1.82) is 0 Å². The number of rotatable bonds is 7. The first-order chi connectivity index (χ1) is 8.13. The van der Waals surface area contributed by atoms with Crippen molar-refractivity contribution in [2.24, 2.45) is 0 Å². The molecule has 0 aromatic carbocycles. The summed E-state index contributed by atoms with van der Waals surface area (Å²) in [6.45, 7) is 18.8. The molecule has 1 heterocycles. The Morgan fingerprint density at radius 2 is 1.88 bits per heavy atom. The zero-order chi connectivity index (χ0) is 12.7. The lowest BCUT2D eigenvalue weighted by Crippen LogP contribution is -2.49. The molecule has 100 valence electrons. The number of hydrogen-bond acceptors (Lipinski definition) is 3. The normalized spacial score (nSPS) is 18.8. The lowest BCUT2D eigenvalue weighted by atomic mass is 10.2. The van der Waals surface area contributed by atoms with E-state index in [1.54, 1.807) is 0 Å². The van der Waals surface area contributed by atoms with E-state index in [2.05, 4.69) is 42.5 Å². The average molecular weight is 239 g/mol. The minimum absolute atomic E-state index is 0.687. The van der Waals surface area contributed by atoms with E-state index in [0.717, 1.165) is 19.6 Å². The molecule has 0 aromatic heterocycles. The highest BCUT2D eigenvalue weighted by Gasteiger charge is 2.18. The molecule has 0 spiro atoms. The van der Waals surface area contributed by atoms with Gasteiger partial charge in [0.15, 0.2) is 0 Å². The predicted octanol–water partition coefficient (Wildman–Crippen LogP) is 1.57. The smallest absolute Gasteiger partial charge is 0.0203 e. The van der Waals surface area contributed by atoms with Crippen molar-refractivity contribution in [3.8, 4) is 0 Å². The van der Waals surface area contributed by atoms with E-state index in [4.69, 9.17) is 0 Å². The molecule has 0 aromatic rings. The molecule has 1 saturated heterocycles. The minimum atomic E-state index is 0.687. The number of hydrogen-bond donors (Lipinski definition) is 1. The summed E-state index contributed by atoms with van der Waals surface area (Å²) in [5.41, 5.74) is 1.32. The van der Waals surface area contributed by atoms with Gasteiger partial charge in [0.25, 0.3) is 0 Å². The summed E-state index contributed by atoms with van der Waals surface area (Å²) < 4.78 is 0. The van der Waals surface area contributed by atoms with Gasteiger partial charge in [0.2, 0.25) is 0 Å². The highest BCUT2D eigenvalue weighted by Crippen LogP contribution is 2.07. The number of piperazine rings is 1. The molecule has 1 aliphatic heterocycles. The van der Waals surface area contributed by atoms with Gasteiger partial charge in [0, 0.05) is 45.3 Å². The molecule has 1 rings (SSSR count). The SMILES string of the molecule is C=C(CNCCC)CN1CCN(C(C)C)CC1. The predicted molar refractivity (Wildman–Crippen MR) is 75.4 cm³/mol. The van der Waals surface area contributed by atoms with Gasteiger partial charge in [-0.15, -0.1) is 0 Å². The van der Waals surface area contributed by atoms with Gasteiger partial charge in [0.05, 0.1) is 0 Å². The van der Waals surface area contributed by atoms with Gasteiger partial charge in [-0.05, 0) is 32.4 Å². The molecule has 17 heavy (non-hydrogen) atoms. The molecule has 1 N–H and O–H groups in total. The van der Waals surface area contributed by atoms with Gasteiger partial charge in [0.1, 0.15) is 0 Å². The van der Waals surface area contributed by atoms with Crippen molar-refractivity contribution < 1.29 is 0 Å². The topological polar surface area (TPSA) is 18.5 Å². The van der Waals surface area contributed by atoms with Gasteiger partial charge in [-0.3, -0.25) is 9.80 Å². The second kappa shape index (κ2) is 7.85. The minimum Gasteiger partial charge on any atom is -0.313 e. The van der Waals surface area contributed by atoms with Crippen LogP contribution < -0.4 is 5.32 Å². The van der Waals surface area contributed by atoms with Crippen LogP contribution in [0.1, 0.15) is 27.2 Å². The molecule has 0 unspecified atom stereocenters. The molecular weight excluding hydrogens is 210 g/mol. The summed E-state index contributed by atoms with van der Waals surface area (Å²) in [5, 5.41) is 3.41. The Morgan fingerprint density at radius 1 is 1.24 bits per heavy atom. The Hall–Kier alpha value is -0.380. The van der Waals surface area contributed by atoms with E-state index in [-0.39, 0.29) is 0 Å². The summed E-state index contributed by atoms with van der Waals surface area (Å²) in [7, 11) is 0. The van der Waals surface area contributed by atoms with E-state index < -0.39 is 0 Å². The Bertz CT molecular complexity index is 218. The molecule has 3 heteroatoms. The van der Waals surface area contributed by atoms with Crippen molar-refractivity contribution in [3.05, 3.63) is 12.2 Å². The van der Waals surface area contributed by atoms with Gasteiger partial charge >= 0.3 is 0 Å². The standard InChI is InChI=1S/C14H29N3/c1-5-6-15-11-14(4)12-16-7-9-17(10-8-16)13(2)3/h13,15H,4-12H2,1-3H3. The van der Waals surface area contributed by atoms with Crippen LogP contribution in [0.4, 0.5) is 0 Å². The first kappa shape index (κ1) is 14.7. The van der Waals surface area contributed by atoms with Crippen LogP contribution in [0.2, 0.25) is 0 Å². The quantitative estimate of drug-likeness (QED) is 0.537. The van der Waals surface area contributed by atoms with Crippen LogP contribution in [-0.2, 0) is 0 Å². The maximum atomic E-state index is 4.16. The van der Waals surface area contributed by atoms with Crippen LogP contribution in [-0.4, -0.2) is 61.7 Å². The maximum absolute atomic E-state index is 4.16. The first-order valence-corrected chi connectivity index (χ1v) is 6.97. The summed E-state index contributed by atoms with van der Waals surface area (Å²) >= 11 is 0. The van der Waals surface area contributed by atoms with Crippen LogP contribution in [0.5, 0.6) is 0 Å². The average Bonchev–Trinajstić information content (AvgIpc) is 2.30. The van der Waals surface area contributed by atoms with Gasteiger partial charge in [-0.25, -0.2) is 0 Å². The van der Waals surface area contributed by atoms with Crippen molar-refractivity contribution in [2.75, 3.05) is 45.8 Å². The third-order valence-corrected chi connectivity index (χ3v) is 3.39. The fourth-order valence-corrected chi connectivity index (χ4v) is 2.25. The van der Waals surface area contributed by atoms with Gasteiger partial charge < -0.3 is 5.32 Å². The summed E-state index contributed by atoms with van der Waals surface area (Å²) in [6, 6.07) is 0.687. The lowest BCUT2D eigenvalue weighted by molar-refractivity contribution is 0.115. The maximum Gasteiger partial charge on any atom is 0.0203 e. The summed E-state index contributed by atoms with van der Waals surface area (Å²) in [4.78, 5) is 5.07. The molecule has 0 bridgehead atoms. The third kappa shape index (κ3) is 5.66. The Balaban J connectivity index is 2.15. The molecule has 0 saturated carbocycles. The van der Waals surface area contributed by atoms with E-state index >= 15 is 0 Å². The third-order valence-electron chi connectivity index (χ3n) is 3.39. The summed E-state index contributed by atoms with van der Waals surface area (Å²) in [5.74, 6) is 0. The first-order valence-electron chi connectivity index (χ1n) is 6.97. The fourth-order valence-electron chi connectivity index (χ4n) is 2.25. The number of nitrogens with zero attached hydrogens (tertiary/aromatic N) is 2. The van der Waals surface area contributed by atoms with E-state index in [0.29, 0.717) is 6.04 Å². The van der Waals surface area contributed by atoms with Crippen molar-refractivity contribution in [3.63, 3.8) is 0 Å². The molecular formula is C14H29N3. The van der Waals surface area contributed by atoms with Crippen LogP contribution in [0.3, 0.4) is 0 Å². The largest absolute Gasteiger partial charge is 0.313 e. The zero-order valence-electron chi connectivity index (χ0n) is 11.8. The van der Waals surface area contributed by atoms with Crippen LogP contribution >= 0.6 is 0 Å². The lowest BCUT2D eigenvalue weighted by Gasteiger charge is -2.37. The van der Waals surface area contributed by atoms with Gasteiger partial charge in [-0.2, -0.15) is 0 Å². The Kier molecular flexibility index (Phi) is 6.78. The van der Waals surface area contributed by atoms with Gasteiger partial charge in [-0.1, -0.05) is 13.5 Å². The fraction of sp³-hybridized carbons (Fsp3) is 0.857. The number of nitrogens with one attached hydrogen (secondary N) is 1. The molecule has 0 aliphatic carbocycles. The molecule has 0 radical (unpaired) electrons. The highest BCUT2D eigenvalue weighted by molar-refractivity contribution is 5.00. The second-order valence-electron chi connectivity index (χ2n) is 5.33. The Labute approximate surface area is 107 Å². The van der Waals surface area contributed by atoms with E-state index in [9.17, 15) is 0 Å². The van der Waals surface area contributed by atoms with Crippen molar-refractivity contribution in [2.45, 2.75) is 33.2 Å². The summed E-state index contributed by atoms with van der Waals surface area (Å²) in [6.07, 6.45) is 1.19. The zero-order valence-corrected chi connectivity index (χ0v) is 11.8. The molecule has 1 fully saturated rings. The van der Waals surface area contributed by atoms with Crippen LogP contribution in [0, 0.1) is 0 Å². The second-order valence-corrected chi connectivity index (χ2v) is 5.33. The molecule has 0 atom stereocenters. The molecule has 3 nitrogen and oxygen atoms in total. The van der Waals surface area contributed by atoms with Crippen molar-refractivity contribution in [1.82, 2.24) is 15.1 Å². The van der Waals surface area contributed by atoms with E-state index in [1.165, 1.54) is 38.2 Å². The molecule has 1 aliphatic rings. The highest BCUT2D eigenvalue weighted by atomic mass is 15.3. The van der Waals surface area contributed by atoms with Crippen LogP contribution in [0.15, 0.2) is 12.2 Å². The van der Waals surface area contributed by atoms with Crippen molar-refractivity contribution >= 4 is 0 Å². The van der Waals surface area contributed by atoms with Crippen LogP contribution in [0.25, 0.3) is 0 Å². The monoisotopic (exact) mass is 239 g/mol. The van der Waals surface area contributed by atoms with E-state index in [1.807, 2.05) is 0 Å².